The zero-order valence-electron chi connectivity index (χ0n) is 31.3. The van der Waals surface area contributed by atoms with Gasteiger partial charge in [-0.05, 0) is 79.8 Å². The number of aliphatic imine (C=N–C) groups is 1. The number of urea groups is 1. The Labute approximate surface area is 333 Å². The Kier molecular flexibility index (Phi) is 12.3. The van der Waals surface area contributed by atoms with Gasteiger partial charge in [-0.2, -0.15) is 4.31 Å². The zero-order chi connectivity index (χ0) is 38.7. The summed E-state index contributed by atoms with van der Waals surface area (Å²) in [5.74, 6) is 0.810. The molecule has 3 fully saturated rings. The lowest BCUT2D eigenvalue weighted by molar-refractivity contribution is -0.136. The van der Waals surface area contributed by atoms with E-state index < -0.39 is 22.1 Å². The van der Waals surface area contributed by atoms with E-state index in [1.807, 2.05) is 36.1 Å². The summed E-state index contributed by atoms with van der Waals surface area (Å²) in [6.07, 6.45) is 2.60. The molecule has 0 N–H and O–H groups in total. The van der Waals surface area contributed by atoms with E-state index in [1.165, 1.54) is 0 Å². The summed E-state index contributed by atoms with van der Waals surface area (Å²) >= 11 is 12.7. The molecule has 4 heterocycles. The highest BCUT2D eigenvalue weighted by atomic mass is 35.5. The minimum atomic E-state index is -3.86. The standard InChI is InChI=1S/C40H48Cl2N6O6S/c1-3-54-34-25-28(2)35(55(51,52)47-15-5-4-6-16-47)26-33(34)39-43-37(29-7-11-31(41)12-8-29)38(30-9-13-32(42)14-10-30)48(39)40(50)46-19-17-44(18-20-46)27-36(49)45-21-23-53-24-22-45/h7-14,25-26,37-38H,3-6,15-24,27H2,1-2H3/t37-,38+/m0/s1. The summed E-state index contributed by atoms with van der Waals surface area (Å²) in [5, 5.41) is 1.12. The molecular weight excluding hydrogens is 763 g/mol. The number of morpholine rings is 1. The van der Waals surface area contributed by atoms with Crippen LogP contribution in [0.3, 0.4) is 0 Å². The van der Waals surface area contributed by atoms with Gasteiger partial charge in [-0.3, -0.25) is 19.6 Å². The van der Waals surface area contributed by atoms with Crippen LogP contribution >= 0.6 is 23.2 Å². The van der Waals surface area contributed by atoms with Crippen LogP contribution in [0.4, 0.5) is 4.79 Å². The molecular formula is C40H48Cl2N6O6S. The van der Waals surface area contributed by atoms with Crippen LogP contribution in [0.1, 0.15) is 60.5 Å². The van der Waals surface area contributed by atoms with Gasteiger partial charge in [0, 0.05) is 62.4 Å². The number of benzene rings is 3. The molecule has 0 bridgehead atoms. The molecule has 3 aromatic rings. The number of piperidine rings is 1. The highest BCUT2D eigenvalue weighted by molar-refractivity contribution is 7.89. The summed E-state index contributed by atoms with van der Waals surface area (Å²) in [6.45, 7) is 9.20. The van der Waals surface area contributed by atoms with Crippen LogP contribution in [0.2, 0.25) is 10.0 Å². The molecule has 7 rings (SSSR count). The van der Waals surface area contributed by atoms with Gasteiger partial charge < -0.3 is 19.3 Å². The zero-order valence-corrected chi connectivity index (χ0v) is 33.7. The largest absolute Gasteiger partial charge is 0.493 e. The first-order valence-corrected chi connectivity index (χ1v) is 21.3. The lowest BCUT2D eigenvalue weighted by Gasteiger charge is -2.39. The number of amidine groups is 1. The number of carbonyl (C=O) groups is 2. The van der Waals surface area contributed by atoms with E-state index in [-0.39, 0.29) is 23.4 Å². The normalized spacial score (nSPS) is 21.5. The smallest absolute Gasteiger partial charge is 0.326 e. The van der Waals surface area contributed by atoms with E-state index in [0.717, 1.165) is 30.4 Å². The van der Waals surface area contributed by atoms with Gasteiger partial charge in [-0.25, -0.2) is 13.2 Å². The summed E-state index contributed by atoms with van der Waals surface area (Å²) < 4.78 is 41.7. The lowest BCUT2D eigenvalue weighted by Crippen LogP contribution is -2.56. The molecule has 55 heavy (non-hydrogen) atoms. The van der Waals surface area contributed by atoms with Crippen LogP contribution in [0.25, 0.3) is 0 Å². The van der Waals surface area contributed by atoms with Gasteiger partial charge in [0.15, 0.2) is 0 Å². The van der Waals surface area contributed by atoms with Crippen molar-refractivity contribution in [2.24, 2.45) is 4.99 Å². The third-order valence-corrected chi connectivity index (χ3v) is 13.4. The first-order chi connectivity index (χ1) is 26.5. The molecule has 3 saturated heterocycles. The molecule has 0 spiro atoms. The summed E-state index contributed by atoms with van der Waals surface area (Å²) in [4.78, 5) is 41.1. The molecule has 0 unspecified atom stereocenters. The minimum absolute atomic E-state index is 0.0591. The van der Waals surface area contributed by atoms with E-state index >= 15 is 4.79 Å². The number of hydrogen-bond donors (Lipinski definition) is 0. The molecule has 294 valence electrons. The number of halogens is 2. The molecule has 0 aromatic heterocycles. The van der Waals surface area contributed by atoms with E-state index in [2.05, 4.69) is 4.90 Å². The first kappa shape index (κ1) is 39.5. The number of amides is 3. The Morgan fingerprint density at radius 1 is 0.818 bits per heavy atom. The molecule has 4 aliphatic heterocycles. The molecule has 12 nitrogen and oxygen atoms in total. The number of piperazine rings is 1. The van der Waals surface area contributed by atoms with Crippen LogP contribution in [0, 0.1) is 6.92 Å². The van der Waals surface area contributed by atoms with Crippen molar-refractivity contribution in [1.82, 2.24) is 23.9 Å². The van der Waals surface area contributed by atoms with Gasteiger partial charge in [0.1, 0.15) is 17.6 Å². The number of carbonyl (C=O) groups excluding carboxylic acids is 2. The predicted molar refractivity (Wildman–Crippen MR) is 213 cm³/mol. The summed E-state index contributed by atoms with van der Waals surface area (Å²) in [5.41, 5.74) is 2.61. The van der Waals surface area contributed by atoms with Gasteiger partial charge in [-0.1, -0.05) is 53.9 Å². The Morgan fingerprint density at radius 3 is 2.05 bits per heavy atom. The molecule has 3 amide bonds. The average molecular weight is 812 g/mol. The van der Waals surface area contributed by atoms with E-state index in [1.54, 1.807) is 57.4 Å². The van der Waals surface area contributed by atoms with Crippen molar-refractivity contribution in [2.45, 2.75) is 50.1 Å². The van der Waals surface area contributed by atoms with Crippen molar-refractivity contribution in [2.75, 3.05) is 78.7 Å². The third kappa shape index (κ3) is 8.52. The summed E-state index contributed by atoms with van der Waals surface area (Å²) in [6, 6.07) is 16.7. The van der Waals surface area contributed by atoms with Crippen molar-refractivity contribution in [3.05, 3.63) is 93.0 Å². The number of sulfonamides is 1. The van der Waals surface area contributed by atoms with E-state index in [4.69, 9.17) is 37.7 Å². The third-order valence-electron chi connectivity index (χ3n) is 10.8. The predicted octanol–water partition coefficient (Wildman–Crippen LogP) is 6.02. The fourth-order valence-corrected chi connectivity index (χ4v) is 9.84. The van der Waals surface area contributed by atoms with Gasteiger partial charge in [0.2, 0.25) is 15.9 Å². The van der Waals surface area contributed by atoms with Gasteiger partial charge >= 0.3 is 6.03 Å². The highest BCUT2D eigenvalue weighted by Gasteiger charge is 2.45. The Hall–Kier alpha value is -3.72. The van der Waals surface area contributed by atoms with Gasteiger partial charge in [0.25, 0.3) is 0 Å². The van der Waals surface area contributed by atoms with Crippen LogP contribution in [0.15, 0.2) is 70.6 Å². The maximum absolute atomic E-state index is 15.2. The van der Waals surface area contributed by atoms with Crippen molar-refractivity contribution in [1.29, 1.82) is 0 Å². The maximum atomic E-state index is 15.2. The Balaban J connectivity index is 1.30. The highest BCUT2D eigenvalue weighted by Crippen LogP contribution is 2.46. The number of hydrogen-bond acceptors (Lipinski definition) is 8. The fraction of sp³-hybridized carbons (Fsp3) is 0.475. The quantitative estimate of drug-likeness (QED) is 0.260. The van der Waals surface area contributed by atoms with Crippen LogP contribution in [-0.4, -0.2) is 129 Å². The first-order valence-electron chi connectivity index (χ1n) is 19.1. The second-order valence-corrected chi connectivity index (χ2v) is 17.1. The van der Waals surface area contributed by atoms with Crippen LogP contribution in [-0.2, 0) is 19.6 Å². The van der Waals surface area contributed by atoms with Gasteiger partial charge in [0.05, 0.1) is 42.9 Å². The van der Waals surface area contributed by atoms with E-state index in [0.29, 0.717) is 105 Å². The number of rotatable bonds is 9. The Morgan fingerprint density at radius 2 is 1.44 bits per heavy atom. The van der Waals surface area contributed by atoms with Crippen molar-refractivity contribution in [3.63, 3.8) is 0 Å². The van der Waals surface area contributed by atoms with Crippen molar-refractivity contribution >= 4 is 51.0 Å². The van der Waals surface area contributed by atoms with Crippen molar-refractivity contribution < 1.29 is 27.5 Å². The number of nitrogens with zero attached hydrogens (tertiary/aromatic N) is 6. The second-order valence-electron chi connectivity index (χ2n) is 14.4. The summed E-state index contributed by atoms with van der Waals surface area (Å²) in [7, 11) is -3.86. The topological polar surface area (TPSA) is 115 Å². The van der Waals surface area contributed by atoms with Crippen molar-refractivity contribution in [3.8, 4) is 5.75 Å². The SMILES string of the molecule is CCOc1cc(C)c(S(=O)(=O)N2CCCCC2)cc1C1=N[C@@H](c2ccc(Cl)cc2)[C@@H](c2ccc(Cl)cc2)N1C(=O)N1CCN(CC(=O)N2CCOCC2)CC1. The molecule has 2 atom stereocenters. The van der Waals surface area contributed by atoms with Gasteiger partial charge in [-0.15, -0.1) is 0 Å². The average Bonchev–Trinajstić information content (AvgIpc) is 3.59. The monoisotopic (exact) mass is 810 g/mol. The molecule has 15 heteroatoms. The molecule has 0 aliphatic carbocycles. The Bertz CT molecular complexity index is 1990. The minimum Gasteiger partial charge on any atom is -0.493 e. The lowest BCUT2D eigenvalue weighted by atomic mass is 9.93. The molecule has 0 saturated carbocycles. The molecule has 4 aliphatic rings. The number of aryl methyl sites for hydroxylation is 1. The number of ether oxygens (including phenoxy) is 2. The molecule has 0 radical (unpaired) electrons. The maximum Gasteiger partial charge on any atom is 0.326 e. The fourth-order valence-electron chi connectivity index (χ4n) is 7.84. The van der Waals surface area contributed by atoms with E-state index in [9.17, 15) is 13.2 Å². The molecule has 3 aromatic carbocycles. The van der Waals surface area contributed by atoms with Crippen LogP contribution < -0.4 is 4.74 Å². The second kappa shape index (κ2) is 17.2. The van der Waals surface area contributed by atoms with Crippen LogP contribution in [0.5, 0.6) is 5.75 Å².